The standard InChI is InChI=1S/C16H14FN3OS/c1-9-7-11(8-14-15(21)19-16(18)22-14)10(2)20(9)13-5-3-12(17)4-6-13/h3-8H,1-2H3,(H2,18,19,21)/b14-8+. The van der Waals surface area contributed by atoms with Gasteiger partial charge in [-0.1, -0.05) is 0 Å². The summed E-state index contributed by atoms with van der Waals surface area (Å²) < 4.78 is 15.1. The van der Waals surface area contributed by atoms with Gasteiger partial charge in [0.1, 0.15) is 5.82 Å². The second kappa shape index (κ2) is 5.46. The van der Waals surface area contributed by atoms with Gasteiger partial charge in [-0.15, -0.1) is 0 Å². The lowest BCUT2D eigenvalue weighted by Gasteiger charge is -2.09. The summed E-state index contributed by atoms with van der Waals surface area (Å²) in [6, 6.07) is 8.29. The molecule has 0 radical (unpaired) electrons. The van der Waals surface area contributed by atoms with Crippen LogP contribution in [0.5, 0.6) is 0 Å². The number of thioether (sulfide) groups is 1. The molecule has 0 fully saturated rings. The van der Waals surface area contributed by atoms with Crippen molar-refractivity contribution < 1.29 is 9.18 Å². The molecule has 3 rings (SSSR count). The zero-order chi connectivity index (χ0) is 15.9. The average Bonchev–Trinajstić information content (AvgIpc) is 2.92. The van der Waals surface area contributed by atoms with Gasteiger partial charge in [0.05, 0.1) is 4.91 Å². The van der Waals surface area contributed by atoms with E-state index in [-0.39, 0.29) is 16.9 Å². The van der Waals surface area contributed by atoms with Crippen molar-refractivity contribution in [3.63, 3.8) is 0 Å². The van der Waals surface area contributed by atoms with E-state index < -0.39 is 0 Å². The van der Waals surface area contributed by atoms with Crippen LogP contribution in [0.4, 0.5) is 4.39 Å². The van der Waals surface area contributed by atoms with Crippen molar-refractivity contribution in [3.8, 4) is 5.69 Å². The maximum atomic E-state index is 13.1. The zero-order valence-electron chi connectivity index (χ0n) is 12.1. The van der Waals surface area contributed by atoms with Gasteiger partial charge in [0.15, 0.2) is 5.17 Å². The Bertz CT molecular complexity index is 819. The molecule has 0 saturated heterocycles. The molecule has 0 bridgehead atoms. The van der Waals surface area contributed by atoms with Gasteiger partial charge in [0.25, 0.3) is 5.91 Å². The van der Waals surface area contributed by atoms with E-state index in [0.29, 0.717) is 4.91 Å². The van der Waals surface area contributed by atoms with Gasteiger partial charge in [-0.3, -0.25) is 4.79 Å². The van der Waals surface area contributed by atoms with Crippen molar-refractivity contribution in [2.75, 3.05) is 0 Å². The molecule has 0 unspecified atom stereocenters. The minimum absolute atomic E-state index is 0.267. The van der Waals surface area contributed by atoms with E-state index >= 15 is 0 Å². The van der Waals surface area contributed by atoms with E-state index in [4.69, 9.17) is 5.73 Å². The Labute approximate surface area is 131 Å². The Morgan fingerprint density at radius 3 is 2.55 bits per heavy atom. The van der Waals surface area contributed by atoms with E-state index in [0.717, 1.165) is 22.6 Å². The Morgan fingerprint density at radius 1 is 1.27 bits per heavy atom. The highest BCUT2D eigenvalue weighted by Crippen LogP contribution is 2.29. The third kappa shape index (κ3) is 2.57. The number of rotatable bonds is 2. The van der Waals surface area contributed by atoms with Crippen LogP contribution >= 0.6 is 11.8 Å². The summed E-state index contributed by atoms with van der Waals surface area (Å²) in [7, 11) is 0. The van der Waals surface area contributed by atoms with Crippen LogP contribution < -0.4 is 5.73 Å². The Kier molecular flexibility index (Phi) is 3.62. The first kappa shape index (κ1) is 14.6. The second-order valence-electron chi connectivity index (χ2n) is 5.00. The quantitative estimate of drug-likeness (QED) is 0.866. The number of benzene rings is 1. The van der Waals surface area contributed by atoms with E-state index in [1.165, 1.54) is 23.9 Å². The third-order valence-corrected chi connectivity index (χ3v) is 4.29. The summed E-state index contributed by atoms with van der Waals surface area (Å²) in [6.07, 6.45) is 1.79. The number of aromatic nitrogens is 1. The number of nitrogens with two attached hydrogens (primary N) is 1. The fourth-order valence-corrected chi connectivity index (χ4v) is 3.16. The van der Waals surface area contributed by atoms with Crippen molar-refractivity contribution in [1.29, 1.82) is 0 Å². The lowest BCUT2D eigenvalue weighted by atomic mass is 10.2. The van der Waals surface area contributed by atoms with Gasteiger partial charge >= 0.3 is 0 Å². The number of carbonyl (C=O) groups is 1. The zero-order valence-corrected chi connectivity index (χ0v) is 12.9. The molecular formula is C16H14FN3OS. The number of aliphatic imine (C=N–C) groups is 1. The number of hydrogen-bond donors (Lipinski definition) is 1. The SMILES string of the molecule is Cc1cc(/C=C2/SC(N)=NC2=O)c(C)n1-c1ccc(F)cc1. The van der Waals surface area contributed by atoms with Crippen molar-refractivity contribution >= 4 is 28.9 Å². The van der Waals surface area contributed by atoms with Crippen molar-refractivity contribution in [2.24, 2.45) is 10.7 Å². The summed E-state index contributed by atoms with van der Waals surface area (Å²) in [4.78, 5) is 15.9. The summed E-state index contributed by atoms with van der Waals surface area (Å²) in [5.74, 6) is -0.580. The topological polar surface area (TPSA) is 60.4 Å². The van der Waals surface area contributed by atoms with Crippen LogP contribution in [-0.2, 0) is 4.79 Å². The Balaban J connectivity index is 2.03. The third-order valence-electron chi connectivity index (χ3n) is 3.48. The maximum Gasteiger partial charge on any atom is 0.286 e. The molecule has 1 aromatic heterocycles. The maximum absolute atomic E-state index is 13.1. The highest BCUT2D eigenvalue weighted by Gasteiger charge is 2.20. The van der Waals surface area contributed by atoms with Crippen molar-refractivity contribution in [2.45, 2.75) is 13.8 Å². The molecule has 6 heteroatoms. The monoisotopic (exact) mass is 315 g/mol. The number of aryl methyl sites for hydroxylation is 1. The molecule has 4 nitrogen and oxygen atoms in total. The van der Waals surface area contributed by atoms with E-state index in [2.05, 4.69) is 4.99 Å². The van der Waals surface area contributed by atoms with Crippen LogP contribution in [0.15, 0.2) is 40.2 Å². The molecule has 2 N–H and O–H groups in total. The first-order valence-electron chi connectivity index (χ1n) is 6.68. The van der Waals surface area contributed by atoms with Gasteiger partial charge in [-0.2, -0.15) is 4.99 Å². The number of amidine groups is 1. The number of carbonyl (C=O) groups excluding carboxylic acids is 1. The molecule has 0 atom stereocenters. The summed E-state index contributed by atoms with van der Waals surface area (Å²) in [5, 5.41) is 0.267. The molecule has 0 saturated carbocycles. The largest absolute Gasteiger partial charge is 0.378 e. The summed E-state index contributed by atoms with van der Waals surface area (Å²) >= 11 is 1.17. The molecule has 112 valence electrons. The Hall–Kier alpha value is -2.34. The molecule has 22 heavy (non-hydrogen) atoms. The first-order chi connectivity index (χ1) is 10.5. The average molecular weight is 315 g/mol. The molecule has 1 amide bonds. The second-order valence-corrected chi connectivity index (χ2v) is 6.07. The van der Waals surface area contributed by atoms with E-state index in [9.17, 15) is 9.18 Å². The van der Waals surface area contributed by atoms with E-state index in [1.807, 2.05) is 24.5 Å². The number of halogens is 1. The van der Waals surface area contributed by atoms with Crippen LogP contribution in [0.2, 0.25) is 0 Å². The molecule has 2 heterocycles. The summed E-state index contributed by atoms with van der Waals surface area (Å²) in [6.45, 7) is 3.92. The van der Waals surface area contributed by atoms with Gasteiger partial charge in [0.2, 0.25) is 0 Å². The van der Waals surface area contributed by atoms with Crippen LogP contribution in [0.25, 0.3) is 11.8 Å². The predicted molar refractivity (Wildman–Crippen MR) is 87.4 cm³/mol. The fourth-order valence-electron chi connectivity index (χ4n) is 2.49. The highest BCUT2D eigenvalue weighted by molar-refractivity contribution is 8.18. The Morgan fingerprint density at radius 2 is 1.95 bits per heavy atom. The number of hydrogen-bond acceptors (Lipinski definition) is 3. The van der Waals surface area contributed by atoms with Crippen LogP contribution in [0.3, 0.4) is 0 Å². The van der Waals surface area contributed by atoms with E-state index in [1.54, 1.807) is 18.2 Å². The molecule has 0 spiro atoms. The van der Waals surface area contributed by atoms with Gasteiger partial charge in [-0.05, 0) is 67.6 Å². The molecule has 1 aromatic carbocycles. The first-order valence-corrected chi connectivity index (χ1v) is 7.50. The highest BCUT2D eigenvalue weighted by atomic mass is 32.2. The number of amides is 1. The molecule has 1 aliphatic heterocycles. The lowest BCUT2D eigenvalue weighted by Crippen LogP contribution is -2.01. The minimum atomic E-state index is -0.311. The fraction of sp³-hybridized carbons (Fsp3) is 0.125. The minimum Gasteiger partial charge on any atom is -0.378 e. The van der Waals surface area contributed by atoms with Crippen LogP contribution in [0.1, 0.15) is 17.0 Å². The predicted octanol–water partition coefficient (Wildman–Crippen LogP) is 3.16. The molecule has 1 aliphatic rings. The van der Waals surface area contributed by atoms with Gasteiger partial charge in [0, 0.05) is 17.1 Å². The van der Waals surface area contributed by atoms with Gasteiger partial charge < -0.3 is 10.3 Å². The van der Waals surface area contributed by atoms with Crippen LogP contribution in [0, 0.1) is 19.7 Å². The normalized spacial score (nSPS) is 16.4. The number of nitrogens with zero attached hydrogens (tertiary/aromatic N) is 2. The molecular weight excluding hydrogens is 301 g/mol. The molecule has 0 aliphatic carbocycles. The van der Waals surface area contributed by atoms with Gasteiger partial charge in [-0.25, -0.2) is 4.39 Å². The summed E-state index contributed by atoms with van der Waals surface area (Å²) in [5.41, 5.74) is 9.32. The van der Waals surface area contributed by atoms with Crippen molar-refractivity contribution in [3.05, 3.63) is 58.0 Å². The van der Waals surface area contributed by atoms with Crippen LogP contribution in [-0.4, -0.2) is 15.6 Å². The van der Waals surface area contributed by atoms with Crippen molar-refractivity contribution in [1.82, 2.24) is 4.57 Å². The molecule has 2 aromatic rings. The smallest absolute Gasteiger partial charge is 0.286 e. The lowest BCUT2D eigenvalue weighted by molar-refractivity contribution is -0.113.